The zero-order valence-electron chi connectivity index (χ0n) is 12.6. The van der Waals surface area contributed by atoms with E-state index in [1.165, 1.54) is 0 Å². The van der Waals surface area contributed by atoms with Crippen molar-refractivity contribution in [1.82, 2.24) is 0 Å². The molecule has 1 aliphatic heterocycles. The van der Waals surface area contributed by atoms with Gasteiger partial charge in [-0.1, -0.05) is 17.7 Å². The van der Waals surface area contributed by atoms with Crippen molar-refractivity contribution < 1.29 is 14.9 Å². The van der Waals surface area contributed by atoms with E-state index in [0.29, 0.717) is 0 Å². The van der Waals surface area contributed by atoms with Crippen LogP contribution in [0.2, 0.25) is 0 Å². The molecular weight excluding hydrogens is 276 g/mol. The summed E-state index contributed by atoms with van der Waals surface area (Å²) in [5.41, 5.74) is 3.19. The van der Waals surface area contributed by atoms with Crippen LogP contribution in [-0.2, 0) is 6.42 Å². The van der Waals surface area contributed by atoms with Crippen molar-refractivity contribution in [3.05, 3.63) is 65.7 Å². The fourth-order valence-corrected chi connectivity index (χ4v) is 3.09. The second kappa shape index (κ2) is 5.76. The number of phenolic OH excluding ortho intramolecular Hbond substituents is 2. The second-order valence-electron chi connectivity index (χ2n) is 6.05. The van der Waals surface area contributed by atoms with Crippen LogP contribution < -0.4 is 4.74 Å². The summed E-state index contributed by atoms with van der Waals surface area (Å²) in [6, 6.07) is 12.4. The Bertz CT molecular complexity index is 688. The number of ether oxygens (including phenoxy) is 1. The van der Waals surface area contributed by atoms with Crippen molar-refractivity contribution in [1.29, 1.82) is 0 Å². The number of fused-ring (bicyclic) bond motifs is 1. The molecule has 0 spiro atoms. The summed E-state index contributed by atoms with van der Waals surface area (Å²) >= 11 is 0. The maximum atomic E-state index is 9.67. The van der Waals surface area contributed by atoms with E-state index >= 15 is 0 Å². The molecule has 2 aromatic rings. The largest absolute Gasteiger partial charge is 0.508 e. The standard InChI is InChI=1S/C19H20O3/c1-12(2)9-15-10-14-11-17(21)7-8-18(14)22-19(15)13-3-5-16(20)6-4-13/h3-8,11,15,19-21H,1,9-10H2,2H3/t15-,19-/m0/s1. The van der Waals surface area contributed by atoms with E-state index in [0.717, 1.165) is 35.3 Å². The van der Waals surface area contributed by atoms with Crippen molar-refractivity contribution in [2.45, 2.75) is 25.9 Å². The maximum Gasteiger partial charge on any atom is 0.127 e. The van der Waals surface area contributed by atoms with Crippen LogP contribution in [0.4, 0.5) is 0 Å². The number of hydrogen-bond acceptors (Lipinski definition) is 3. The quantitative estimate of drug-likeness (QED) is 0.828. The minimum absolute atomic E-state index is 0.0747. The normalized spacial score (nSPS) is 20.0. The van der Waals surface area contributed by atoms with Gasteiger partial charge in [-0.25, -0.2) is 0 Å². The van der Waals surface area contributed by atoms with Crippen LogP contribution in [-0.4, -0.2) is 10.2 Å². The molecule has 2 atom stereocenters. The number of allylic oxidation sites excluding steroid dienone is 1. The Morgan fingerprint density at radius 1 is 1.14 bits per heavy atom. The molecule has 0 saturated heterocycles. The fraction of sp³-hybridized carbons (Fsp3) is 0.263. The van der Waals surface area contributed by atoms with Crippen LogP contribution >= 0.6 is 0 Å². The smallest absolute Gasteiger partial charge is 0.127 e. The molecule has 0 amide bonds. The Hall–Kier alpha value is -2.42. The average molecular weight is 296 g/mol. The molecule has 3 nitrogen and oxygen atoms in total. The topological polar surface area (TPSA) is 49.7 Å². The highest BCUT2D eigenvalue weighted by atomic mass is 16.5. The first kappa shape index (κ1) is 14.5. The Balaban J connectivity index is 1.96. The van der Waals surface area contributed by atoms with Gasteiger partial charge in [0.2, 0.25) is 0 Å². The monoisotopic (exact) mass is 296 g/mol. The van der Waals surface area contributed by atoms with Crippen LogP contribution in [0, 0.1) is 5.92 Å². The predicted molar refractivity (Wildman–Crippen MR) is 86.2 cm³/mol. The highest BCUT2D eigenvalue weighted by Crippen LogP contribution is 2.42. The molecule has 1 heterocycles. The minimum atomic E-state index is -0.0747. The lowest BCUT2D eigenvalue weighted by Gasteiger charge is -2.34. The van der Waals surface area contributed by atoms with Crippen LogP contribution in [0.1, 0.15) is 30.6 Å². The molecule has 3 rings (SSSR count). The number of benzene rings is 2. The molecule has 114 valence electrons. The lowest BCUT2D eigenvalue weighted by molar-refractivity contribution is 0.113. The molecule has 2 aromatic carbocycles. The molecule has 0 aliphatic carbocycles. The van der Waals surface area contributed by atoms with Gasteiger partial charge in [-0.05, 0) is 61.2 Å². The molecule has 1 aliphatic rings. The lowest BCUT2D eigenvalue weighted by atomic mass is 9.83. The maximum absolute atomic E-state index is 9.67. The molecular formula is C19H20O3. The molecule has 2 N–H and O–H groups in total. The first-order chi connectivity index (χ1) is 10.5. The fourth-order valence-electron chi connectivity index (χ4n) is 3.09. The summed E-state index contributed by atoms with van der Waals surface area (Å²) in [5.74, 6) is 1.59. The van der Waals surface area contributed by atoms with Crippen molar-refractivity contribution in [3.8, 4) is 17.2 Å². The molecule has 0 unspecified atom stereocenters. The molecule has 0 radical (unpaired) electrons. The van der Waals surface area contributed by atoms with Gasteiger partial charge in [0.05, 0.1) is 0 Å². The second-order valence-corrected chi connectivity index (χ2v) is 6.05. The van der Waals surface area contributed by atoms with Gasteiger partial charge in [-0.2, -0.15) is 0 Å². The van der Waals surface area contributed by atoms with Crippen LogP contribution in [0.5, 0.6) is 17.2 Å². The van der Waals surface area contributed by atoms with Crippen LogP contribution in [0.25, 0.3) is 0 Å². The summed E-state index contributed by atoms with van der Waals surface area (Å²) < 4.78 is 6.19. The van der Waals surface area contributed by atoms with Gasteiger partial charge in [-0.3, -0.25) is 0 Å². The van der Waals surface area contributed by atoms with Crippen molar-refractivity contribution in [3.63, 3.8) is 0 Å². The van der Waals surface area contributed by atoms with Gasteiger partial charge in [0.1, 0.15) is 23.4 Å². The van der Waals surface area contributed by atoms with E-state index in [9.17, 15) is 10.2 Å². The SMILES string of the molecule is C=C(C)C[C@H]1Cc2cc(O)ccc2O[C@H]1c1ccc(O)cc1. The Kier molecular flexibility index (Phi) is 3.80. The Morgan fingerprint density at radius 3 is 2.50 bits per heavy atom. The van der Waals surface area contributed by atoms with Gasteiger partial charge in [-0.15, -0.1) is 6.58 Å². The van der Waals surface area contributed by atoms with Crippen molar-refractivity contribution in [2.75, 3.05) is 0 Å². The molecule has 3 heteroatoms. The third-order valence-corrected chi connectivity index (χ3v) is 4.04. The summed E-state index contributed by atoms with van der Waals surface area (Å²) in [4.78, 5) is 0. The van der Waals surface area contributed by atoms with Gasteiger partial charge in [0.25, 0.3) is 0 Å². The van der Waals surface area contributed by atoms with Crippen LogP contribution in [0.3, 0.4) is 0 Å². The van der Waals surface area contributed by atoms with Gasteiger partial charge in [0, 0.05) is 5.92 Å². The van der Waals surface area contributed by atoms with E-state index in [1.54, 1.807) is 24.3 Å². The highest BCUT2D eigenvalue weighted by molar-refractivity contribution is 5.43. The van der Waals surface area contributed by atoms with Gasteiger partial charge < -0.3 is 14.9 Å². The molecule has 0 fully saturated rings. The first-order valence-electron chi connectivity index (χ1n) is 7.45. The molecule has 0 aromatic heterocycles. The third kappa shape index (κ3) is 2.93. The third-order valence-electron chi connectivity index (χ3n) is 4.04. The Morgan fingerprint density at radius 2 is 1.82 bits per heavy atom. The summed E-state index contributed by atoms with van der Waals surface area (Å²) in [7, 11) is 0. The average Bonchev–Trinajstić information content (AvgIpc) is 2.47. The number of rotatable bonds is 3. The predicted octanol–water partition coefficient (Wildman–Crippen LogP) is 4.36. The number of hydrogen-bond donors (Lipinski definition) is 2. The van der Waals surface area contributed by atoms with Gasteiger partial charge in [0.15, 0.2) is 0 Å². The molecule has 22 heavy (non-hydrogen) atoms. The summed E-state index contributed by atoms with van der Waals surface area (Å²) in [6.07, 6.45) is 1.62. The van der Waals surface area contributed by atoms with E-state index in [4.69, 9.17) is 4.74 Å². The van der Waals surface area contributed by atoms with Crippen molar-refractivity contribution in [2.24, 2.45) is 5.92 Å². The van der Waals surface area contributed by atoms with E-state index in [-0.39, 0.29) is 23.5 Å². The van der Waals surface area contributed by atoms with E-state index in [2.05, 4.69) is 6.58 Å². The summed E-state index contributed by atoms with van der Waals surface area (Å²) in [6.45, 7) is 6.04. The zero-order chi connectivity index (χ0) is 15.7. The highest BCUT2D eigenvalue weighted by Gasteiger charge is 2.31. The molecule has 0 bridgehead atoms. The van der Waals surface area contributed by atoms with Crippen LogP contribution in [0.15, 0.2) is 54.6 Å². The van der Waals surface area contributed by atoms with E-state index in [1.807, 2.05) is 25.1 Å². The van der Waals surface area contributed by atoms with Gasteiger partial charge >= 0.3 is 0 Å². The molecule has 0 saturated carbocycles. The number of aromatic hydroxyl groups is 2. The zero-order valence-corrected chi connectivity index (χ0v) is 12.6. The Labute approximate surface area is 130 Å². The van der Waals surface area contributed by atoms with E-state index < -0.39 is 0 Å². The first-order valence-corrected chi connectivity index (χ1v) is 7.45. The summed E-state index contributed by atoms with van der Waals surface area (Å²) in [5, 5.41) is 19.1. The van der Waals surface area contributed by atoms with Crippen molar-refractivity contribution >= 4 is 0 Å². The number of phenols is 2. The minimum Gasteiger partial charge on any atom is -0.508 e. The lowest BCUT2D eigenvalue weighted by Crippen LogP contribution is -2.26.